The van der Waals surface area contributed by atoms with E-state index >= 15 is 0 Å². The number of hydrogen-bond donors (Lipinski definition) is 1. The molecule has 5 nitrogen and oxygen atoms in total. The van der Waals surface area contributed by atoms with Crippen molar-refractivity contribution in [3.63, 3.8) is 0 Å². The van der Waals surface area contributed by atoms with Crippen LogP contribution in [-0.4, -0.2) is 25.8 Å². The van der Waals surface area contributed by atoms with E-state index in [1.807, 2.05) is 35.1 Å². The van der Waals surface area contributed by atoms with Crippen molar-refractivity contribution in [1.82, 2.24) is 19.5 Å². The number of rotatable bonds is 3. The first-order valence-electron chi connectivity index (χ1n) is 5.91. The van der Waals surface area contributed by atoms with Gasteiger partial charge >= 0.3 is 0 Å². The van der Waals surface area contributed by atoms with Gasteiger partial charge in [-0.25, -0.2) is 4.98 Å². The van der Waals surface area contributed by atoms with E-state index in [9.17, 15) is 4.79 Å². The van der Waals surface area contributed by atoms with Crippen LogP contribution in [0.1, 0.15) is 5.56 Å². The number of aromatic nitrogens is 4. The maximum absolute atomic E-state index is 11.8. The normalized spacial score (nSPS) is 11.1. The molecule has 0 atom stereocenters. The number of benzene rings is 1. The monoisotopic (exact) mass is 306 g/mol. The van der Waals surface area contributed by atoms with Crippen LogP contribution in [0, 0.1) is 0 Å². The molecule has 1 N–H and O–H groups in total. The Hall–Kier alpha value is -1.79. The topological polar surface area (TPSA) is 63.6 Å². The average Bonchev–Trinajstić information content (AvgIpc) is 2.94. The van der Waals surface area contributed by atoms with Gasteiger partial charge in [0.15, 0.2) is 16.3 Å². The molecule has 0 radical (unpaired) electrons. The molecule has 0 saturated heterocycles. The van der Waals surface area contributed by atoms with E-state index in [0.29, 0.717) is 27.9 Å². The van der Waals surface area contributed by atoms with Crippen LogP contribution >= 0.6 is 23.4 Å². The van der Waals surface area contributed by atoms with Crippen molar-refractivity contribution < 1.29 is 0 Å². The summed E-state index contributed by atoms with van der Waals surface area (Å²) in [7, 11) is 0. The fraction of sp³-hybridized carbons (Fsp3) is 0.154. The second-order valence-corrected chi connectivity index (χ2v) is 5.43. The van der Waals surface area contributed by atoms with Crippen LogP contribution in [0.25, 0.3) is 11.2 Å². The molecule has 0 amide bonds. The summed E-state index contributed by atoms with van der Waals surface area (Å²) in [6.07, 6.45) is 3.40. The molecular weight excluding hydrogens is 296 g/mol. The Morgan fingerprint density at radius 1 is 1.35 bits per heavy atom. The highest BCUT2D eigenvalue weighted by Crippen LogP contribution is 2.18. The maximum Gasteiger partial charge on any atom is 0.299 e. The standard InChI is InChI=1S/C13H11ClN4OS/c1-20-13-17-12(19)10-11(16-7-15-10)18(13)6-8-2-4-9(14)5-3-8/h2-5,7H,6H2,1H3,(H,15,16). The molecule has 102 valence electrons. The number of H-pyrrole nitrogens is 1. The summed E-state index contributed by atoms with van der Waals surface area (Å²) < 4.78 is 1.92. The minimum atomic E-state index is -0.283. The average molecular weight is 307 g/mol. The lowest BCUT2D eigenvalue weighted by molar-refractivity contribution is 0.690. The first-order valence-corrected chi connectivity index (χ1v) is 7.51. The zero-order chi connectivity index (χ0) is 14.1. The molecule has 3 aromatic rings. The summed E-state index contributed by atoms with van der Waals surface area (Å²) in [6.45, 7) is 0.585. The van der Waals surface area contributed by atoms with E-state index in [0.717, 1.165) is 5.56 Å². The highest BCUT2D eigenvalue weighted by atomic mass is 35.5. The molecule has 3 rings (SSSR count). The second kappa shape index (κ2) is 5.30. The van der Waals surface area contributed by atoms with E-state index in [1.54, 1.807) is 0 Å². The Balaban J connectivity index is 2.14. The lowest BCUT2D eigenvalue weighted by atomic mass is 10.2. The fourth-order valence-electron chi connectivity index (χ4n) is 2.01. The highest BCUT2D eigenvalue weighted by molar-refractivity contribution is 7.98. The van der Waals surface area contributed by atoms with Gasteiger partial charge in [0.2, 0.25) is 0 Å². The van der Waals surface area contributed by atoms with Gasteiger partial charge in [-0.3, -0.25) is 9.36 Å². The predicted molar refractivity (Wildman–Crippen MR) is 80.5 cm³/mol. The molecule has 0 spiro atoms. The Labute approximate surface area is 124 Å². The molecule has 0 aliphatic heterocycles. The quantitative estimate of drug-likeness (QED) is 0.596. The minimum absolute atomic E-state index is 0.283. The Bertz CT molecular complexity index is 809. The number of imidazole rings is 1. The highest BCUT2D eigenvalue weighted by Gasteiger charge is 2.12. The first-order chi connectivity index (χ1) is 9.69. The maximum atomic E-state index is 11.8. The number of fused-ring (bicyclic) bond motifs is 1. The van der Waals surface area contributed by atoms with Gasteiger partial charge in [-0.1, -0.05) is 35.5 Å². The summed E-state index contributed by atoms with van der Waals surface area (Å²) in [5.41, 5.74) is 1.83. The molecule has 0 aliphatic carbocycles. The van der Waals surface area contributed by atoms with Crippen molar-refractivity contribution in [2.75, 3.05) is 6.26 Å². The Kier molecular flexibility index (Phi) is 3.50. The third kappa shape index (κ3) is 2.32. The van der Waals surface area contributed by atoms with Crippen LogP contribution in [0.4, 0.5) is 0 Å². The van der Waals surface area contributed by atoms with E-state index in [1.165, 1.54) is 18.1 Å². The number of thioether (sulfide) groups is 1. The van der Waals surface area contributed by atoms with Crippen LogP contribution in [0.3, 0.4) is 0 Å². The largest absolute Gasteiger partial charge is 0.339 e. The van der Waals surface area contributed by atoms with Gasteiger partial charge in [0, 0.05) is 5.02 Å². The zero-order valence-corrected chi connectivity index (χ0v) is 12.2. The van der Waals surface area contributed by atoms with Gasteiger partial charge in [-0.2, -0.15) is 4.98 Å². The number of nitrogens with zero attached hydrogens (tertiary/aromatic N) is 3. The van der Waals surface area contributed by atoms with E-state index in [4.69, 9.17) is 11.6 Å². The second-order valence-electron chi connectivity index (χ2n) is 4.22. The van der Waals surface area contributed by atoms with Gasteiger partial charge in [0.25, 0.3) is 5.56 Å². The molecule has 0 aliphatic rings. The summed E-state index contributed by atoms with van der Waals surface area (Å²) in [6, 6.07) is 7.58. The van der Waals surface area contributed by atoms with E-state index in [2.05, 4.69) is 15.0 Å². The van der Waals surface area contributed by atoms with Crippen LogP contribution < -0.4 is 5.56 Å². The molecule has 0 bridgehead atoms. The van der Waals surface area contributed by atoms with E-state index < -0.39 is 0 Å². The number of nitrogens with one attached hydrogen (secondary N) is 1. The van der Waals surface area contributed by atoms with Gasteiger partial charge in [-0.05, 0) is 24.0 Å². The lowest BCUT2D eigenvalue weighted by Crippen LogP contribution is -2.16. The van der Waals surface area contributed by atoms with Crippen molar-refractivity contribution >= 4 is 34.5 Å². The summed E-state index contributed by atoms with van der Waals surface area (Å²) in [5.74, 6) is 0. The zero-order valence-electron chi connectivity index (χ0n) is 10.6. The number of halogens is 1. The molecule has 2 aromatic heterocycles. The fourth-order valence-corrected chi connectivity index (χ4v) is 2.69. The smallest absolute Gasteiger partial charge is 0.299 e. The molecule has 20 heavy (non-hydrogen) atoms. The van der Waals surface area contributed by atoms with E-state index in [-0.39, 0.29) is 5.56 Å². The van der Waals surface area contributed by atoms with Gasteiger partial charge in [0.1, 0.15) is 0 Å². The van der Waals surface area contributed by atoms with Crippen molar-refractivity contribution in [2.45, 2.75) is 11.7 Å². The Morgan fingerprint density at radius 2 is 2.10 bits per heavy atom. The summed E-state index contributed by atoms with van der Waals surface area (Å²) >= 11 is 7.31. The predicted octanol–water partition coefficient (Wildman–Crippen LogP) is 2.54. The minimum Gasteiger partial charge on any atom is -0.339 e. The van der Waals surface area contributed by atoms with Crippen molar-refractivity contribution in [3.8, 4) is 0 Å². The number of aromatic amines is 1. The Morgan fingerprint density at radius 3 is 2.80 bits per heavy atom. The molecule has 7 heteroatoms. The van der Waals surface area contributed by atoms with Crippen molar-refractivity contribution in [2.24, 2.45) is 0 Å². The summed E-state index contributed by atoms with van der Waals surface area (Å²) in [5, 5.41) is 1.34. The van der Waals surface area contributed by atoms with Gasteiger partial charge in [-0.15, -0.1) is 0 Å². The molecule has 0 saturated carbocycles. The van der Waals surface area contributed by atoms with Crippen LogP contribution in [-0.2, 0) is 6.54 Å². The SMILES string of the molecule is CSc1nc(=O)c2[nH]cnc2n1Cc1ccc(Cl)cc1. The molecule has 0 unspecified atom stereocenters. The molecular formula is C13H11ClN4OS. The van der Waals surface area contributed by atoms with Crippen LogP contribution in [0.5, 0.6) is 0 Å². The lowest BCUT2D eigenvalue weighted by Gasteiger charge is -2.11. The third-order valence-electron chi connectivity index (χ3n) is 2.95. The van der Waals surface area contributed by atoms with Crippen molar-refractivity contribution in [3.05, 3.63) is 51.5 Å². The molecule has 0 fully saturated rings. The molecule has 1 aromatic carbocycles. The molecule has 2 heterocycles. The van der Waals surface area contributed by atoms with Crippen LogP contribution in [0.2, 0.25) is 5.02 Å². The third-order valence-corrected chi connectivity index (χ3v) is 3.88. The van der Waals surface area contributed by atoms with Crippen molar-refractivity contribution in [1.29, 1.82) is 0 Å². The van der Waals surface area contributed by atoms with Crippen LogP contribution in [0.15, 0.2) is 40.5 Å². The van der Waals surface area contributed by atoms with Gasteiger partial charge in [0.05, 0.1) is 12.9 Å². The summed E-state index contributed by atoms with van der Waals surface area (Å²) in [4.78, 5) is 23.0. The first kappa shape index (κ1) is 13.2. The van der Waals surface area contributed by atoms with Gasteiger partial charge < -0.3 is 4.98 Å². The number of hydrogen-bond acceptors (Lipinski definition) is 4.